The highest BCUT2D eigenvalue weighted by Crippen LogP contribution is 2.29. The Kier molecular flexibility index (Phi) is 9.97. The molecular weight excluding hydrogens is 468 g/mol. The van der Waals surface area contributed by atoms with Crippen molar-refractivity contribution >= 4 is 17.7 Å². The third-order valence-electron chi connectivity index (χ3n) is 8.30. The lowest BCUT2D eigenvalue weighted by Crippen LogP contribution is -2.64. The summed E-state index contributed by atoms with van der Waals surface area (Å²) in [5.74, 6) is -0.281. The number of carbonyl (C=O) groups excluding carboxylic acids is 3. The Morgan fingerprint density at radius 3 is 2.62 bits per heavy atom. The normalized spacial score (nSPS) is 24.8. The SMILES string of the molecule is CCCCN1CC(C(=O)NC(CC2CCCCC2)[C@H](O)[C@@H]2NCCN(Cc3ccccc3)C2=O)CC1=O. The van der Waals surface area contributed by atoms with Crippen LogP contribution in [0, 0.1) is 11.8 Å². The quantitative estimate of drug-likeness (QED) is 0.423. The molecule has 8 nitrogen and oxygen atoms in total. The number of aliphatic hydroxyl groups excluding tert-OH is 1. The molecule has 1 saturated carbocycles. The maximum absolute atomic E-state index is 13.4. The van der Waals surface area contributed by atoms with Crippen molar-refractivity contribution in [1.29, 1.82) is 0 Å². The van der Waals surface area contributed by atoms with Crippen molar-refractivity contribution in [2.24, 2.45) is 11.8 Å². The zero-order chi connectivity index (χ0) is 26.2. The molecule has 4 rings (SSSR count). The lowest BCUT2D eigenvalue weighted by molar-refractivity contribution is -0.141. The maximum atomic E-state index is 13.4. The maximum Gasteiger partial charge on any atom is 0.242 e. The zero-order valence-corrected chi connectivity index (χ0v) is 22.2. The van der Waals surface area contributed by atoms with Crippen LogP contribution in [0.4, 0.5) is 0 Å². The second kappa shape index (κ2) is 13.4. The van der Waals surface area contributed by atoms with Crippen molar-refractivity contribution in [3.05, 3.63) is 35.9 Å². The first-order chi connectivity index (χ1) is 18.0. The molecule has 1 aromatic rings. The summed E-state index contributed by atoms with van der Waals surface area (Å²) in [6, 6.07) is 8.57. The van der Waals surface area contributed by atoms with Crippen LogP contribution in [0.3, 0.4) is 0 Å². The molecule has 3 N–H and O–H groups in total. The summed E-state index contributed by atoms with van der Waals surface area (Å²) in [6.07, 6.45) is 7.47. The third-order valence-corrected chi connectivity index (χ3v) is 8.30. The summed E-state index contributed by atoms with van der Waals surface area (Å²) < 4.78 is 0. The number of benzene rings is 1. The minimum absolute atomic E-state index is 0.0265. The van der Waals surface area contributed by atoms with Gasteiger partial charge in [0.1, 0.15) is 6.04 Å². The second-order valence-corrected chi connectivity index (χ2v) is 11.1. The molecule has 2 heterocycles. The molecule has 0 aromatic heterocycles. The molecule has 204 valence electrons. The fraction of sp³-hybridized carbons (Fsp3) is 0.690. The first-order valence-electron chi connectivity index (χ1n) is 14.3. The fourth-order valence-corrected chi connectivity index (χ4v) is 6.09. The van der Waals surface area contributed by atoms with E-state index < -0.39 is 24.1 Å². The van der Waals surface area contributed by atoms with Crippen molar-refractivity contribution in [1.82, 2.24) is 20.4 Å². The van der Waals surface area contributed by atoms with Crippen molar-refractivity contribution in [2.75, 3.05) is 26.2 Å². The third kappa shape index (κ3) is 7.32. The van der Waals surface area contributed by atoms with Crippen LogP contribution in [0.5, 0.6) is 0 Å². The Morgan fingerprint density at radius 2 is 1.89 bits per heavy atom. The van der Waals surface area contributed by atoms with E-state index in [2.05, 4.69) is 17.6 Å². The molecule has 0 bridgehead atoms. The first-order valence-corrected chi connectivity index (χ1v) is 14.3. The van der Waals surface area contributed by atoms with Gasteiger partial charge < -0.3 is 25.5 Å². The minimum atomic E-state index is -1.04. The van der Waals surface area contributed by atoms with Crippen molar-refractivity contribution in [3.8, 4) is 0 Å². The number of piperazine rings is 1. The number of amides is 3. The number of carbonyl (C=O) groups is 3. The number of hydrogen-bond acceptors (Lipinski definition) is 5. The van der Waals surface area contributed by atoms with E-state index in [-0.39, 0.29) is 24.1 Å². The molecule has 0 spiro atoms. The summed E-state index contributed by atoms with van der Waals surface area (Å²) in [6.45, 7) is 4.88. The van der Waals surface area contributed by atoms with Crippen LogP contribution in [0.15, 0.2) is 30.3 Å². The van der Waals surface area contributed by atoms with Gasteiger partial charge in [0.25, 0.3) is 0 Å². The Hall–Kier alpha value is -2.45. The first kappa shape index (κ1) is 27.6. The molecule has 37 heavy (non-hydrogen) atoms. The van der Waals surface area contributed by atoms with Crippen LogP contribution in [0.2, 0.25) is 0 Å². The van der Waals surface area contributed by atoms with Crippen LogP contribution in [0.1, 0.15) is 70.3 Å². The number of rotatable bonds is 11. The van der Waals surface area contributed by atoms with E-state index in [0.29, 0.717) is 45.1 Å². The van der Waals surface area contributed by atoms with Gasteiger partial charge in [0.05, 0.1) is 18.1 Å². The molecule has 2 unspecified atom stereocenters. The lowest BCUT2D eigenvalue weighted by atomic mass is 9.82. The number of nitrogens with zero attached hydrogens (tertiary/aromatic N) is 2. The monoisotopic (exact) mass is 512 g/mol. The minimum Gasteiger partial charge on any atom is -0.389 e. The van der Waals surface area contributed by atoms with Gasteiger partial charge in [-0.25, -0.2) is 0 Å². The summed E-state index contributed by atoms with van der Waals surface area (Å²) in [4.78, 5) is 42.8. The lowest BCUT2D eigenvalue weighted by Gasteiger charge is -2.39. The van der Waals surface area contributed by atoms with Gasteiger partial charge in [0.2, 0.25) is 17.7 Å². The van der Waals surface area contributed by atoms with E-state index >= 15 is 0 Å². The Bertz CT molecular complexity index is 904. The molecule has 0 radical (unpaired) electrons. The van der Waals surface area contributed by atoms with Crippen molar-refractivity contribution in [2.45, 2.75) is 89.4 Å². The Labute approximate surface area is 221 Å². The number of likely N-dealkylation sites (tertiary alicyclic amines) is 1. The van der Waals surface area contributed by atoms with Gasteiger partial charge in [-0.1, -0.05) is 75.8 Å². The predicted octanol–water partition coefficient (Wildman–Crippen LogP) is 2.45. The van der Waals surface area contributed by atoms with Crippen LogP contribution >= 0.6 is 0 Å². The summed E-state index contributed by atoms with van der Waals surface area (Å²) >= 11 is 0. The fourth-order valence-electron chi connectivity index (χ4n) is 6.09. The van der Waals surface area contributed by atoms with Crippen LogP contribution in [0.25, 0.3) is 0 Å². The van der Waals surface area contributed by atoms with Crippen LogP contribution < -0.4 is 10.6 Å². The average Bonchev–Trinajstić information content (AvgIpc) is 3.29. The largest absolute Gasteiger partial charge is 0.389 e. The second-order valence-electron chi connectivity index (χ2n) is 11.1. The van der Waals surface area contributed by atoms with Gasteiger partial charge in [-0.3, -0.25) is 14.4 Å². The number of hydrogen-bond donors (Lipinski definition) is 3. The molecule has 2 saturated heterocycles. The van der Waals surface area contributed by atoms with E-state index in [0.717, 1.165) is 44.1 Å². The molecule has 3 fully saturated rings. The highest BCUT2D eigenvalue weighted by atomic mass is 16.3. The number of aliphatic hydroxyl groups is 1. The van der Waals surface area contributed by atoms with E-state index in [1.165, 1.54) is 6.42 Å². The van der Waals surface area contributed by atoms with E-state index in [4.69, 9.17) is 0 Å². The Balaban J connectivity index is 1.43. The van der Waals surface area contributed by atoms with E-state index in [9.17, 15) is 19.5 Å². The van der Waals surface area contributed by atoms with Gasteiger partial charge in [0.15, 0.2) is 0 Å². The number of unbranched alkanes of at least 4 members (excludes halogenated alkanes) is 1. The summed E-state index contributed by atoms with van der Waals surface area (Å²) in [5.41, 5.74) is 1.05. The van der Waals surface area contributed by atoms with Crippen molar-refractivity contribution < 1.29 is 19.5 Å². The Morgan fingerprint density at radius 1 is 1.14 bits per heavy atom. The highest BCUT2D eigenvalue weighted by molar-refractivity contribution is 5.89. The summed E-state index contributed by atoms with van der Waals surface area (Å²) in [5, 5.41) is 17.9. The predicted molar refractivity (Wildman–Crippen MR) is 142 cm³/mol. The molecular formula is C29H44N4O4. The van der Waals surface area contributed by atoms with Crippen LogP contribution in [-0.4, -0.2) is 77.0 Å². The van der Waals surface area contributed by atoms with Crippen molar-refractivity contribution in [3.63, 3.8) is 0 Å². The molecule has 3 amide bonds. The summed E-state index contributed by atoms with van der Waals surface area (Å²) in [7, 11) is 0. The number of nitrogens with one attached hydrogen (secondary N) is 2. The van der Waals surface area contributed by atoms with Crippen LogP contribution in [-0.2, 0) is 20.9 Å². The topological polar surface area (TPSA) is 102 Å². The highest BCUT2D eigenvalue weighted by Gasteiger charge is 2.41. The van der Waals surface area contributed by atoms with Gasteiger partial charge in [-0.2, -0.15) is 0 Å². The van der Waals surface area contributed by atoms with Gasteiger partial charge in [-0.15, -0.1) is 0 Å². The van der Waals surface area contributed by atoms with Gasteiger partial charge in [0, 0.05) is 39.1 Å². The molecule has 1 aromatic carbocycles. The smallest absolute Gasteiger partial charge is 0.242 e. The van der Waals surface area contributed by atoms with E-state index in [1.54, 1.807) is 9.80 Å². The standard InChI is InChI=1S/C29H44N4O4/c1-2-3-15-32-20-23(18-25(32)34)28(36)31-24(17-21-10-6-4-7-11-21)27(35)26-29(37)33(16-14-30-26)19-22-12-8-5-9-13-22/h5,8-9,12-13,21,23-24,26-27,30,35H,2-4,6-7,10-11,14-20H2,1H3,(H,31,36)/t23?,24?,26-,27-/m0/s1. The molecule has 4 atom stereocenters. The average molecular weight is 513 g/mol. The molecule has 3 aliphatic rings. The van der Waals surface area contributed by atoms with Gasteiger partial charge >= 0.3 is 0 Å². The zero-order valence-electron chi connectivity index (χ0n) is 22.2. The van der Waals surface area contributed by atoms with E-state index in [1.807, 2.05) is 30.3 Å². The molecule has 1 aliphatic carbocycles. The molecule has 8 heteroatoms. The van der Waals surface area contributed by atoms with Gasteiger partial charge in [-0.05, 0) is 24.3 Å². The molecule has 2 aliphatic heterocycles.